The van der Waals surface area contributed by atoms with Crippen molar-refractivity contribution in [1.29, 1.82) is 0 Å². The van der Waals surface area contributed by atoms with E-state index in [4.69, 9.17) is 0 Å². The van der Waals surface area contributed by atoms with Crippen LogP contribution in [0.4, 0.5) is 0 Å². The van der Waals surface area contributed by atoms with Crippen LogP contribution in [-0.2, 0) is 4.79 Å². The predicted molar refractivity (Wildman–Crippen MR) is 88.1 cm³/mol. The number of allylic oxidation sites excluding steroid dienone is 1. The van der Waals surface area contributed by atoms with Gasteiger partial charge in [-0.2, -0.15) is 5.10 Å². The number of amides is 1. The fourth-order valence-corrected chi connectivity index (χ4v) is 1.81. The zero-order valence-corrected chi connectivity index (χ0v) is 12.3. The molecule has 2 N–H and O–H groups in total. The molecule has 2 rings (SSSR count). The first-order valence-corrected chi connectivity index (χ1v) is 6.97. The first-order valence-electron chi connectivity index (χ1n) is 6.97. The molecule has 0 fully saturated rings. The lowest BCUT2D eigenvalue weighted by Crippen LogP contribution is -2.25. The van der Waals surface area contributed by atoms with E-state index in [0.717, 1.165) is 5.56 Å². The SMILES string of the molecule is CC(/C=C/c1ccccc1)=N/NC(=O)[C@H](O)c1ccccc1. The molecular weight excluding hydrogens is 276 g/mol. The highest BCUT2D eigenvalue weighted by Gasteiger charge is 2.15. The summed E-state index contributed by atoms with van der Waals surface area (Å²) >= 11 is 0. The van der Waals surface area contributed by atoms with Gasteiger partial charge in [-0.25, -0.2) is 5.43 Å². The van der Waals surface area contributed by atoms with Gasteiger partial charge in [-0.15, -0.1) is 0 Å². The molecule has 1 atom stereocenters. The number of benzene rings is 2. The van der Waals surface area contributed by atoms with E-state index < -0.39 is 12.0 Å². The minimum Gasteiger partial charge on any atom is -0.378 e. The Balaban J connectivity index is 1.93. The number of hydrazone groups is 1. The van der Waals surface area contributed by atoms with Crippen molar-refractivity contribution in [2.75, 3.05) is 0 Å². The molecule has 0 aliphatic heterocycles. The smallest absolute Gasteiger partial charge is 0.273 e. The van der Waals surface area contributed by atoms with Crippen LogP contribution in [0.25, 0.3) is 6.08 Å². The summed E-state index contributed by atoms with van der Waals surface area (Å²) in [5.74, 6) is -0.557. The lowest BCUT2D eigenvalue weighted by Gasteiger charge is -2.08. The Labute approximate surface area is 129 Å². The monoisotopic (exact) mass is 294 g/mol. The van der Waals surface area contributed by atoms with Crippen LogP contribution in [0.1, 0.15) is 24.2 Å². The molecule has 0 aromatic heterocycles. The van der Waals surface area contributed by atoms with Crippen LogP contribution in [0.3, 0.4) is 0 Å². The highest BCUT2D eigenvalue weighted by atomic mass is 16.3. The van der Waals surface area contributed by atoms with Crippen molar-refractivity contribution >= 4 is 17.7 Å². The van der Waals surface area contributed by atoms with Gasteiger partial charge >= 0.3 is 0 Å². The maximum Gasteiger partial charge on any atom is 0.273 e. The number of hydrogen-bond acceptors (Lipinski definition) is 3. The molecule has 0 aliphatic carbocycles. The number of aliphatic hydroxyl groups is 1. The van der Waals surface area contributed by atoms with Crippen LogP contribution >= 0.6 is 0 Å². The summed E-state index contributed by atoms with van der Waals surface area (Å²) < 4.78 is 0. The molecule has 0 spiro atoms. The van der Waals surface area contributed by atoms with Gasteiger partial charge in [0.25, 0.3) is 5.91 Å². The average Bonchev–Trinajstić information content (AvgIpc) is 2.58. The summed E-state index contributed by atoms with van der Waals surface area (Å²) in [6, 6.07) is 18.5. The van der Waals surface area contributed by atoms with E-state index >= 15 is 0 Å². The fourth-order valence-electron chi connectivity index (χ4n) is 1.81. The Kier molecular flexibility index (Phi) is 5.63. The molecule has 4 nitrogen and oxygen atoms in total. The topological polar surface area (TPSA) is 61.7 Å². The minimum atomic E-state index is -1.23. The number of aliphatic hydroxyl groups excluding tert-OH is 1. The van der Waals surface area contributed by atoms with Crippen molar-refractivity contribution < 1.29 is 9.90 Å². The summed E-state index contributed by atoms with van der Waals surface area (Å²) in [7, 11) is 0. The Bertz CT molecular complexity index is 664. The molecule has 4 heteroatoms. The second-order valence-electron chi connectivity index (χ2n) is 4.79. The summed E-state index contributed by atoms with van der Waals surface area (Å²) in [5.41, 5.74) is 4.58. The van der Waals surface area contributed by atoms with Crippen LogP contribution in [0, 0.1) is 0 Å². The molecule has 2 aromatic carbocycles. The number of nitrogens with one attached hydrogen (secondary N) is 1. The second kappa shape index (κ2) is 7.90. The molecule has 0 radical (unpaired) electrons. The Hall–Kier alpha value is -2.72. The van der Waals surface area contributed by atoms with Gasteiger partial charge in [0.05, 0.1) is 5.71 Å². The molecule has 0 aliphatic rings. The molecule has 0 saturated carbocycles. The van der Waals surface area contributed by atoms with Crippen LogP contribution in [0.2, 0.25) is 0 Å². The van der Waals surface area contributed by atoms with Gasteiger partial charge in [0.2, 0.25) is 0 Å². The van der Waals surface area contributed by atoms with Gasteiger partial charge in [-0.3, -0.25) is 4.79 Å². The van der Waals surface area contributed by atoms with Gasteiger partial charge in [-0.05, 0) is 24.1 Å². The van der Waals surface area contributed by atoms with E-state index in [2.05, 4.69) is 10.5 Å². The number of hydrogen-bond donors (Lipinski definition) is 2. The molecule has 1 amide bonds. The number of carbonyl (C=O) groups excluding carboxylic acids is 1. The molecule has 0 unspecified atom stereocenters. The van der Waals surface area contributed by atoms with Crippen molar-refractivity contribution in [2.45, 2.75) is 13.0 Å². The first kappa shape index (κ1) is 15.7. The second-order valence-corrected chi connectivity index (χ2v) is 4.79. The third-order valence-electron chi connectivity index (χ3n) is 3.02. The Morgan fingerprint density at radius 3 is 2.32 bits per heavy atom. The maximum absolute atomic E-state index is 11.8. The Morgan fingerprint density at radius 1 is 1.09 bits per heavy atom. The van der Waals surface area contributed by atoms with E-state index in [1.807, 2.05) is 42.5 Å². The molecule has 0 saturated heterocycles. The third kappa shape index (κ3) is 4.68. The highest BCUT2D eigenvalue weighted by molar-refractivity contribution is 5.97. The largest absolute Gasteiger partial charge is 0.378 e. The summed E-state index contributed by atoms with van der Waals surface area (Å²) in [5, 5.41) is 13.9. The molecular formula is C18H18N2O2. The maximum atomic E-state index is 11.8. The van der Waals surface area contributed by atoms with Gasteiger partial charge < -0.3 is 5.11 Å². The van der Waals surface area contributed by atoms with Crippen molar-refractivity contribution in [3.8, 4) is 0 Å². The zero-order chi connectivity index (χ0) is 15.8. The van der Waals surface area contributed by atoms with E-state index in [1.165, 1.54) is 0 Å². The standard InChI is InChI=1S/C18H18N2O2/c1-14(12-13-15-8-4-2-5-9-15)19-20-18(22)17(21)16-10-6-3-7-11-16/h2-13,17,21H,1H3,(H,20,22)/b13-12+,19-14-/t17-/m1/s1. The minimum absolute atomic E-state index is 0.535. The van der Waals surface area contributed by atoms with Crippen molar-refractivity contribution in [3.63, 3.8) is 0 Å². The fraction of sp³-hybridized carbons (Fsp3) is 0.111. The lowest BCUT2D eigenvalue weighted by molar-refractivity contribution is -0.129. The van der Waals surface area contributed by atoms with E-state index in [-0.39, 0.29) is 0 Å². The van der Waals surface area contributed by atoms with Gasteiger partial charge in [0.1, 0.15) is 0 Å². The quantitative estimate of drug-likeness (QED) is 0.658. The van der Waals surface area contributed by atoms with Crippen molar-refractivity contribution in [1.82, 2.24) is 5.43 Å². The van der Waals surface area contributed by atoms with E-state index in [0.29, 0.717) is 11.3 Å². The van der Waals surface area contributed by atoms with Crippen LogP contribution in [0.15, 0.2) is 71.8 Å². The van der Waals surface area contributed by atoms with E-state index in [9.17, 15) is 9.90 Å². The molecule has 0 bridgehead atoms. The Morgan fingerprint density at radius 2 is 1.68 bits per heavy atom. The zero-order valence-electron chi connectivity index (χ0n) is 12.3. The highest BCUT2D eigenvalue weighted by Crippen LogP contribution is 2.11. The van der Waals surface area contributed by atoms with Crippen LogP contribution < -0.4 is 5.43 Å². The summed E-state index contributed by atoms with van der Waals surface area (Å²) in [6.45, 7) is 1.77. The van der Waals surface area contributed by atoms with Gasteiger partial charge in [0, 0.05) is 0 Å². The molecule has 112 valence electrons. The van der Waals surface area contributed by atoms with Crippen LogP contribution in [-0.4, -0.2) is 16.7 Å². The first-order chi connectivity index (χ1) is 10.7. The number of rotatable bonds is 5. The molecule has 22 heavy (non-hydrogen) atoms. The van der Waals surface area contributed by atoms with Gasteiger partial charge in [0.15, 0.2) is 6.10 Å². The van der Waals surface area contributed by atoms with E-state index in [1.54, 1.807) is 37.3 Å². The molecule has 0 heterocycles. The van der Waals surface area contributed by atoms with Crippen LogP contribution in [0.5, 0.6) is 0 Å². The molecule has 2 aromatic rings. The summed E-state index contributed by atoms with van der Waals surface area (Å²) in [6.07, 6.45) is 2.47. The number of carbonyl (C=O) groups is 1. The predicted octanol–water partition coefficient (Wildman–Crippen LogP) is 2.93. The average molecular weight is 294 g/mol. The van der Waals surface area contributed by atoms with Crippen molar-refractivity contribution in [3.05, 3.63) is 77.9 Å². The lowest BCUT2D eigenvalue weighted by atomic mass is 10.1. The summed E-state index contributed by atoms with van der Waals surface area (Å²) in [4.78, 5) is 11.8. The normalized spacial score (nSPS) is 13.1. The van der Waals surface area contributed by atoms with Gasteiger partial charge in [-0.1, -0.05) is 66.7 Å². The number of nitrogens with zero attached hydrogens (tertiary/aromatic N) is 1. The van der Waals surface area contributed by atoms with Crippen molar-refractivity contribution in [2.24, 2.45) is 5.10 Å². The third-order valence-corrected chi connectivity index (χ3v) is 3.02.